The maximum absolute atomic E-state index is 10.4. The normalized spacial score (nSPS) is 12.5. The van der Waals surface area contributed by atoms with Crippen molar-refractivity contribution in [2.75, 3.05) is 0 Å². The highest BCUT2D eigenvalue weighted by Gasteiger charge is 2.20. The molecule has 0 aliphatic carbocycles. The maximum Gasteiger partial charge on any atom is 0.142 e. The van der Waals surface area contributed by atoms with Crippen LogP contribution in [0.2, 0.25) is 0 Å². The summed E-state index contributed by atoms with van der Waals surface area (Å²) in [6.07, 6.45) is 5.94. The van der Waals surface area contributed by atoms with Crippen LogP contribution in [0.1, 0.15) is 11.1 Å². The number of allylic oxidation sites excluding steroid dienone is 3. The van der Waals surface area contributed by atoms with Crippen molar-refractivity contribution in [3.63, 3.8) is 0 Å². The molecule has 92 valence electrons. The lowest BCUT2D eigenvalue weighted by Crippen LogP contribution is -2.01. The van der Waals surface area contributed by atoms with Gasteiger partial charge in [0.2, 0.25) is 0 Å². The maximum atomic E-state index is 10.4. The summed E-state index contributed by atoms with van der Waals surface area (Å²) in [5.74, 6) is 1.68. The molecule has 0 atom stereocenters. The first-order valence-electron chi connectivity index (χ1n) is 6.09. The minimum atomic E-state index is 0.772. The van der Waals surface area contributed by atoms with Crippen molar-refractivity contribution in [1.29, 1.82) is 0 Å². The van der Waals surface area contributed by atoms with Gasteiger partial charge in [-0.15, -0.1) is 0 Å². The van der Waals surface area contributed by atoms with Crippen LogP contribution in [-0.2, 0) is 4.79 Å². The molecule has 0 spiro atoms. The zero-order valence-corrected chi connectivity index (χ0v) is 10.2. The molecule has 2 aromatic carbocycles. The third-order valence-electron chi connectivity index (χ3n) is 3.03. The van der Waals surface area contributed by atoms with E-state index < -0.39 is 0 Å². The molecular formula is C17H12O2. The quantitative estimate of drug-likeness (QED) is 0.506. The SMILES string of the molecule is O=CC=CC=C1c2ccccc2Oc2ccccc21. The number of carbonyl (C=O) groups is 1. The molecule has 0 bridgehead atoms. The van der Waals surface area contributed by atoms with Gasteiger partial charge in [-0.05, 0) is 23.8 Å². The van der Waals surface area contributed by atoms with Gasteiger partial charge in [0.1, 0.15) is 17.8 Å². The zero-order chi connectivity index (χ0) is 13.1. The van der Waals surface area contributed by atoms with Gasteiger partial charge in [0.25, 0.3) is 0 Å². The number of para-hydroxylation sites is 2. The van der Waals surface area contributed by atoms with Gasteiger partial charge in [0, 0.05) is 11.1 Å². The molecule has 3 rings (SSSR count). The van der Waals surface area contributed by atoms with E-state index in [9.17, 15) is 4.79 Å². The molecule has 0 unspecified atom stereocenters. The fourth-order valence-corrected chi connectivity index (χ4v) is 2.20. The van der Waals surface area contributed by atoms with E-state index in [4.69, 9.17) is 4.74 Å². The van der Waals surface area contributed by atoms with Crippen molar-refractivity contribution in [2.45, 2.75) is 0 Å². The van der Waals surface area contributed by atoms with Gasteiger partial charge in [-0.3, -0.25) is 4.79 Å². The average molecular weight is 248 g/mol. The summed E-state index contributed by atoms with van der Waals surface area (Å²) in [7, 11) is 0. The highest BCUT2D eigenvalue weighted by atomic mass is 16.5. The van der Waals surface area contributed by atoms with Gasteiger partial charge in [0.15, 0.2) is 0 Å². The van der Waals surface area contributed by atoms with Crippen molar-refractivity contribution in [3.05, 3.63) is 77.9 Å². The van der Waals surface area contributed by atoms with Gasteiger partial charge in [-0.1, -0.05) is 48.6 Å². The molecule has 2 heteroatoms. The predicted molar refractivity (Wildman–Crippen MR) is 75.2 cm³/mol. The third-order valence-corrected chi connectivity index (χ3v) is 3.03. The summed E-state index contributed by atoms with van der Waals surface area (Å²) in [5.41, 5.74) is 3.14. The van der Waals surface area contributed by atoms with Crippen molar-refractivity contribution >= 4 is 11.9 Å². The number of fused-ring (bicyclic) bond motifs is 2. The van der Waals surface area contributed by atoms with Crippen molar-refractivity contribution in [1.82, 2.24) is 0 Å². The van der Waals surface area contributed by atoms with Crippen molar-refractivity contribution in [2.24, 2.45) is 0 Å². The second-order valence-electron chi connectivity index (χ2n) is 4.20. The van der Waals surface area contributed by atoms with Gasteiger partial charge in [0.05, 0.1) is 0 Å². The largest absolute Gasteiger partial charge is 0.456 e. The highest BCUT2D eigenvalue weighted by Crippen LogP contribution is 2.43. The first-order valence-corrected chi connectivity index (χ1v) is 6.09. The van der Waals surface area contributed by atoms with Crippen LogP contribution < -0.4 is 4.74 Å². The minimum absolute atomic E-state index is 0.772. The smallest absolute Gasteiger partial charge is 0.142 e. The van der Waals surface area contributed by atoms with E-state index in [-0.39, 0.29) is 0 Å². The van der Waals surface area contributed by atoms with Crippen LogP contribution >= 0.6 is 0 Å². The van der Waals surface area contributed by atoms with E-state index in [2.05, 4.69) is 0 Å². The lowest BCUT2D eigenvalue weighted by Gasteiger charge is -2.22. The third kappa shape index (κ3) is 2.08. The van der Waals surface area contributed by atoms with Gasteiger partial charge >= 0.3 is 0 Å². The molecule has 0 aromatic heterocycles. The first kappa shape index (κ1) is 11.5. The van der Waals surface area contributed by atoms with Crippen LogP contribution in [0.25, 0.3) is 5.57 Å². The van der Waals surface area contributed by atoms with Crippen LogP contribution in [0, 0.1) is 0 Å². The number of carbonyl (C=O) groups excluding carboxylic acids is 1. The van der Waals surface area contributed by atoms with Crippen LogP contribution in [0.3, 0.4) is 0 Å². The molecule has 2 aromatic rings. The number of hydrogen-bond acceptors (Lipinski definition) is 2. The Morgan fingerprint density at radius 2 is 1.37 bits per heavy atom. The minimum Gasteiger partial charge on any atom is -0.456 e. The Morgan fingerprint density at radius 1 is 0.789 bits per heavy atom. The standard InChI is InChI=1S/C17H12O2/c18-12-6-5-7-13-14-8-1-3-10-16(14)19-17-11-4-2-9-15(13)17/h1-12H. The monoisotopic (exact) mass is 248 g/mol. The Kier molecular flexibility index (Phi) is 2.99. The average Bonchev–Trinajstić information content (AvgIpc) is 2.46. The lowest BCUT2D eigenvalue weighted by molar-refractivity contribution is -0.104. The van der Waals surface area contributed by atoms with E-state index in [1.54, 1.807) is 6.08 Å². The van der Waals surface area contributed by atoms with Crippen LogP contribution in [0.4, 0.5) is 0 Å². The Hall–Kier alpha value is -2.61. The van der Waals surface area contributed by atoms with E-state index in [0.717, 1.165) is 34.5 Å². The topological polar surface area (TPSA) is 26.3 Å². The Morgan fingerprint density at radius 3 is 1.95 bits per heavy atom. The summed E-state index contributed by atoms with van der Waals surface area (Å²) in [5, 5.41) is 0. The summed E-state index contributed by atoms with van der Waals surface area (Å²) in [6, 6.07) is 15.8. The first-order chi connectivity index (χ1) is 9.40. The molecule has 0 N–H and O–H groups in total. The van der Waals surface area contributed by atoms with Gasteiger partial charge in [-0.25, -0.2) is 0 Å². The second-order valence-corrected chi connectivity index (χ2v) is 4.20. The number of ether oxygens (including phenoxy) is 1. The number of benzene rings is 2. The molecule has 1 heterocycles. The van der Waals surface area contributed by atoms with Gasteiger partial charge < -0.3 is 4.74 Å². The van der Waals surface area contributed by atoms with Gasteiger partial charge in [-0.2, -0.15) is 0 Å². The molecule has 19 heavy (non-hydrogen) atoms. The zero-order valence-electron chi connectivity index (χ0n) is 10.2. The summed E-state index contributed by atoms with van der Waals surface area (Å²) in [4.78, 5) is 10.4. The molecule has 0 saturated carbocycles. The Labute approximate surface area is 111 Å². The van der Waals surface area contributed by atoms with Crippen LogP contribution in [0.5, 0.6) is 11.5 Å². The molecule has 1 aliphatic rings. The predicted octanol–water partition coefficient (Wildman–Crippen LogP) is 3.98. The second kappa shape index (κ2) is 4.94. The summed E-state index contributed by atoms with van der Waals surface area (Å²) in [6.45, 7) is 0. The highest BCUT2D eigenvalue weighted by molar-refractivity contribution is 5.88. The molecule has 2 nitrogen and oxygen atoms in total. The molecule has 0 radical (unpaired) electrons. The number of rotatable bonds is 2. The van der Waals surface area contributed by atoms with E-state index in [1.165, 1.54) is 6.08 Å². The van der Waals surface area contributed by atoms with E-state index in [1.807, 2.05) is 54.6 Å². The molecule has 0 amide bonds. The molecule has 0 saturated heterocycles. The van der Waals surface area contributed by atoms with Crippen LogP contribution in [-0.4, -0.2) is 6.29 Å². The van der Waals surface area contributed by atoms with Crippen molar-refractivity contribution in [3.8, 4) is 11.5 Å². The van der Waals surface area contributed by atoms with E-state index >= 15 is 0 Å². The van der Waals surface area contributed by atoms with E-state index in [0.29, 0.717) is 0 Å². The molecule has 0 fully saturated rings. The fraction of sp³-hybridized carbons (Fsp3) is 0. The Balaban J connectivity index is 2.19. The number of hydrogen-bond donors (Lipinski definition) is 0. The number of aldehydes is 1. The fourth-order valence-electron chi connectivity index (χ4n) is 2.20. The Bertz CT molecular complexity index is 634. The van der Waals surface area contributed by atoms with Crippen molar-refractivity contribution < 1.29 is 9.53 Å². The lowest BCUT2D eigenvalue weighted by atomic mass is 9.94. The summed E-state index contributed by atoms with van der Waals surface area (Å²) < 4.78 is 5.88. The molecular weight excluding hydrogens is 236 g/mol. The summed E-state index contributed by atoms with van der Waals surface area (Å²) >= 11 is 0. The van der Waals surface area contributed by atoms with Crippen LogP contribution in [0.15, 0.2) is 66.8 Å². The molecule has 1 aliphatic heterocycles.